The predicted octanol–water partition coefficient (Wildman–Crippen LogP) is 1.27. The predicted molar refractivity (Wildman–Crippen MR) is 29.1 cm³/mol. The fourth-order valence-electron chi connectivity index (χ4n) is 0.167. The molecule has 0 N–H and O–H groups in total. The quantitative estimate of drug-likeness (QED) is 0.460. The molecule has 0 aromatic heterocycles. The molecule has 0 aliphatic heterocycles. The monoisotopic (exact) mass is 86.1 g/mol. The maximum Gasteiger partial charge on any atom is 0.289 e. The number of hydrogen-bond donors (Lipinski definition) is 0. The van der Waals surface area contributed by atoms with Crippen LogP contribution in [-0.4, -0.2) is 14.0 Å². The molecule has 0 spiro atoms. The minimum Gasteiger partial charge on any atom is -0.439 e. The van der Waals surface area contributed by atoms with E-state index in [4.69, 9.17) is 4.65 Å². The summed E-state index contributed by atoms with van der Waals surface area (Å²) in [5, 5.41) is 0. The second kappa shape index (κ2) is 3.22. The van der Waals surface area contributed by atoms with Gasteiger partial charge in [-0.25, -0.2) is 0 Å². The summed E-state index contributed by atoms with van der Waals surface area (Å²) in [5.74, 6) is 0. The summed E-state index contributed by atoms with van der Waals surface area (Å²) in [6.45, 7) is 4.60. The molecule has 2 heteroatoms. The first-order valence-corrected chi connectivity index (χ1v) is 2.34. The Bertz CT molecular complexity index is 26.7. The van der Waals surface area contributed by atoms with Crippen molar-refractivity contribution in [3.63, 3.8) is 0 Å². The Kier molecular flexibility index (Phi) is 3.24. The van der Waals surface area contributed by atoms with Gasteiger partial charge in [-0.2, -0.15) is 0 Å². The van der Waals surface area contributed by atoms with Crippen molar-refractivity contribution in [2.45, 2.75) is 20.1 Å². The summed E-state index contributed by atoms with van der Waals surface area (Å²) in [6, 6.07) is 0. The molecule has 0 saturated carbocycles. The summed E-state index contributed by atoms with van der Waals surface area (Å²) in [7, 11) is 1.73. The third-order valence-corrected chi connectivity index (χ3v) is 0.977. The van der Waals surface area contributed by atoms with Gasteiger partial charge in [0, 0.05) is 7.11 Å². The van der Waals surface area contributed by atoms with Crippen molar-refractivity contribution in [3.8, 4) is 0 Å². The highest BCUT2D eigenvalue weighted by atomic mass is 16.4. The highest BCUT2D eigenvalue weighted by Gasteiger charge is 1.97. The average molecular weight is 85.9 g/mol. The van der Waals surface area contributed by atoms with Crippen LogP contribution < -0.4 is 0 Å². The maximum atomic E-state index is 4.90. The molecular formula is C4H11BO. The van der Waals surface area contributed by atoms with Gasteiger partial charge in [-0.3, -0.25) is 0 Å². The van der Waals surface area contributed by atoms with E-state index >= 15 is 0 Å². The molecule has 0 aliphatic rings. The smallest absolute Gasteiger partial charge is 0.289 e. The molecule has 0 bridgehead atoms. The van der Waals surface area contributed by atoms with Gasteiger partial charge in [-0.05, 0) is 0 Å². The van der Waals surface area contributed by atoms with Gasteiger partial charge in [0.15, 0.2) is 0 Å². The minimum absolute atomic E-state index is 0.435. The van der Waals surface area contributed by atoms with Gasteiger partial charge < -0.3 is 4.65 Å². The van der Waals surface area contributed by atoms with E-state index in [-0.39, 0.29) is 0 Å². The molecule has 0 amide bonds. The second-order valence-corrected chi connectivity index (χ2v) is 1.45. The van der Waals surface area contributed by atoms with E-state index in [0.29, 0.717) is 6.92 Å². The Hall–Kier alpha value is 0.0249. The van der Waals surface area contributed by atoms with E-state index in [0.717, 1.165) is 6.32 Å². The van der Waals surface area contributed by atoms with Crippen molar-refractivity contribution in [1.29, 1.82) is 0 Å². The topological polar surface area (TPSA) is 9.23 Å². The van der Waals surface area contributed by atoms with Gasteiger partial charge in [0.1, 0.15) is 0 Å². The van der Waals surface area contributed by atoms with Crippen LogP contribution in [0.1, 0.15) is 6.92 Å². The molecule has 0 aromatic rings. The van der Waals surface area contributed by atoms with E-state index in [9.17, 15) is 0 Å². The third kappa shape index (κ3) is 2.27. The Morgan fingerprint density at radius 3 is 2.17 bits per heavy atom. The van der Waals surface area contributed by atoms with Gasteiger partial charge in [-0.15, -0.1) is 0 Å². The number of rotatable bonds is 2. The summed E-state index contributed by atoms with van der Waals surface area (Å²) in [6.07, 6.45) is 1.11. The van der Waals surface area contributed by atoms with Gasteiger partial charge >= 0.3 is 0 Å². The van der Waals surface area contributed by atoms with Crippen LogP contribution in [0.5, 0.6) is 0 Å². The molecule has 0 fully saturated rings. The van der Waals surface area contributed by atoms with Gasteiger partial charge in [0.05, 0.1) is 0 Å². The first-order chi connectivity index (χ1) is 2.81. The lowest BCUT2D eigenvalue weighted by atomic mass is 9.69. The molecule has 0 atom stereocenters. The standard InChI is InChI=1S/C4H11BO/c1-4-5(2)6-3/h4H2,1-3H3. The van der Waals surface area contributed by atoms with Crippen LogP contribution in [0.4, 0.5) is 0 Å². The number of hydrogen-bond acceptors (Lipinski definition) is 1. The van der Waals surface area contributed by atoms with Gasteiger partial charge in [-0.1, -0.05) is 20.1 Å². The van der Waals surface area contributed by atoms with Crippen LogP contribution in [-0.2, 0) is 4.65 Å². The Balaban J connectivity index is 2.75. The minimum atomic E-state index is 0.435. The lowest BCUT2D eigenvalue weighted by molar-refractivity contribution is 0.425. The molecule has 6 heavy (non-hydrogen) atoms. The summed E-state index contributed by atoms with van der Waals surface area (Å²) in [4.78, 5) is 0. The lowest BCUT2D eigenvalue weighted by Crippen LogP contribution is -2.06. The van der Waals surface area contributed by atoms with Crippen molar-refractivity contribution in [3.05, 3.63) is 0 Å². The molecule has 0 saturated heterocycles. The Morgan fingerprint density at radius 2 is 2.17 bits per heavy atom. The van der Waals surface area contributed by atoms with Crippen molar-refractivity contribution in [2.24, 2.45) is 0 Å². The zero-order valence-corrected chi connectivity index (χ0v) is 4.69. The van der Waals surface area contributed by atoms with Crippen LogP contribution in [0.25, 0.3) is 0 Å². The van der Waals surface area contributed by atoms with Crippen LogP contribution >= 0.6 is 0 Å². The van der Waals surface area contributed by atoms with Crippen molar-refractivity contribution in [1.82, 2.24) is 0 Å². The second-order valence-electron chi connectivity index (χ2n) is 1.45. The lowest BCUT2D eigenvalue weighted by Gasteiger charge is -1.95. The highest BCUT2D eigenvalue weighted by molar-refractivity contribution is 6.49. The maximum absolute atomic E-state index is 4.90. The van der Waals surface area contributed by atoms with Crippen LogP contribution in [0, 0.1) is 0 Å². The molecule has 0 aliphatic carbocycles. The Labute approximate surface area is 39.8 Å². The molecule has 0 radical (unpaired) electrons. The average Bonchev–Trinajstić information content (AvgIpc) is 1.65. The van der Waals surface area contributed by atoms with Crippen molar-refractivity contribution >= 4 is 6.92 Å². The Morgan fingerprint density at radius 1 is 1.67 bits per heavy atom. The van der Waals surface area contributed by atoms with Crippen molar-refractivity contribution < 1.29 is 4.65 Å². The molecule has 0 unspecified atom stereocenters. The fraction of sp³-hybridized carbons (Fsp3) is 1.00. The molecule has 36 valence electrons. The first-order valence-electron chi connectivity index (χ1n) is 2.34. The summed E-state index contributed by atoms with van der Waals surface area (Å²) >= 11 is 0. The van der Waals surface area contributed by atoms with E-state index in [2.05, 4.69) is 13.7 Å². The third-order valence-electron chi connectivity index (χ3n) is 0.977. The normalized spacial score (nSPS) is 8.50. The molecule has 0 heterocycles. The zero-order valence-electron chi connectivity index (χ0n) is 4.69. The molecule has 1 nitrogen and oxygen atoms in total. The fourth-order valence-corrected chi connectivity index (χ4v) is 0.167. The van der Waals surface area contributed by atoms with E-state index in [1.165, 1.54) is 0 Å². The van der Waals surface area contributed by atoms with Crippen LogP contribution in [0.3, 0.4) is 0 Å². The summed E-state index contributed by atoms with van der Waals surface area (Å²) in [5.41, 5.74) is 0. The SMILES string of the molecule is CCB(C)OC. The van der Waals surface area contributed by atoms with Crippen LogP contribution in [0.15, 0.2) is 0 Å². The first kappa shape index (κ1) is 6.02. The van der Waals surface area contributed by atoms with E-state index in [1.54, 1.807) is 7.11 Å². The molecule has 0 rings (SSSR count). The van der Waals surface area contributed by atoms with Gasteiger partial charge in [0.25, 0.3) is 6.92 Å². The molecular weight excluding hydrogens is 74.9 g/mol. The van der Waals surface area contributed by atoms with Crippen molar-refractivity contribution in [2.75, 3.05) is 7.11 Å². The largest absolute Gasteiger partial charge is 0.439 e. The van der Waals surface area contributed by atoms with E-state index in [1.807, 2.05) is 0 Å². The molecule has 0 aromatic carbocycles. The van der Waals surface area contributed by atoms with Gasteiger partial charge in [0.2, 0.25) is 0 Å². The van der Waals surface area contributed by atoms with Crippen LogP contribution in [0.2, 0.25) is 13.1 Å². The van der Waals surface area contributed by atoms with E-state index < -0.39 is 0 Å². The zero-order chi connectivity index (χ0) is 4.99. The summed E-state index contributed by atoms with van der Waals surface area (Å²) < 4.78 is 4.90. The highest BCUT2D eigenvalue weighted by Crippen LogP contribution is 1.86.